The van der Waals surface area contributed by atoms with Gasteiger partial charge in [-0.15, -0.1) is 5.75 Å². The van der Waals surface area contributed by atoms with Crippen molar-refractivity contribution >= 4 is 10.1 Å². The van der Waals surface area contributed by atoms with E-state index in [-0.39, 0.29) is 62.7 Å². The van der Waals surface area contributed by atoms with Crippen LogP contribution in [-0.2, 0) is 16.5 Å². The molecular weight excluding hydrogens is 403 g/mol. The second kappa shape index (κ2) is 13.0. The maximum Gasteiger partial charge on any atom is 1.00 e. The number of hydrogen-bond donors (Lipinski definition) is 1. The van der Waals surface area contributed by atoms with Crippen LogP contribution in [0.5, 0.6) is 17.2 Å². The van der Waals surface area contributed by atoms with Crippen molar-refractivity contribution < 1.29 is 74.2 Å². The van der Waals surface area contributed by atoms with Gasteiger partial charge < -0.3 is 9.84 Å². The number of unbranched alkanes of at least 4 members (excludes halogenated alkanes) is 6. The van der Waals surface area contributed by atoms with E-state index in [4.69, 9.17) is 4.74 Å². The number of hydrogen-bond acceptors (Lipinski definition) is 4. The average molecular weight is 431 g/mol. The largest absolute Gasteiger partial charge is 1.00 e. The van der Waals surface area contributed by atoms with Crippen molar-refractivity contribution in [2.45, 2.75) is 63.2 Å². The molecule has 2 rings (SSSR count). The summed E-state index contributed by atoms with van der Waals surface area (Å²) >= 11 is 0. The molecule has 0 bridgehead atoms. The van der Waals surface area contributed by atoms with Crippen LogP contribution in [0, 0.1) is 0 Å². The quantitative estimate of drug-likeness (QED) is 0.335. The van der Waals surface area contributed by atoms with Crippen molar-refractivity contribution in [2.75, 3.05) is 0 Å². The van der Waals surface area contributed by atoms with Crippen LogP contribution in [0.25, 0.3) is 0 Å². The van der Waals surface area contributed by atoms with Crippen LogP contribution >= 0.6 is 0 Å². The number of ether oxygens (including phenoxy) is 1. The zero-order chi connectivity index (χ0) is 19.7. The van der Waals surface area contributed by atoms with Gasteiger partial charge in [-0.1, -0.05) is 69.7 Å². The molecule has 0 spiro atoms. The number of benzene rings is 2. The van der Waals surface area contributed by atoms with Gasteiger partial charge >= 0.3 is 51.4 Å². The van der Waals surface area contributed by atoms with Gasteiger partial charge in [0, 0.05) is 0 Å². The standard InChI is InChI=1S/C21H28O5S.K/c1-2-3-4-5-6-7-11-14-18-19(22)15-16-20(21(18)27(23,24)25)26-17-12-9-8-10-13-17;/h8-10,12-13,15-16,22H,2-7,11,14H2,1H3,(H,23,24,25);/q;+1/p-1. The third-order valence-electron chi connectivity index (χ3n) is 4.44. The fourth-order valence-corrected chi connectivity index (χ4v) is 3.94. The Kier molecular flexibility index (Phi) is 11.9. The minimum atomic E-state index is -4.59. The van der Waals surface area contributed by atoms with Crippen molar-refractivity contribution in [1.82, 2.24) is 0 Å². The molecule has 2 aromatic carbocycles. The van der Waals surface area contributed by atoms with Gasteiger partial charge in [0.05, 0.1) is 0 Å². The van der Waals surface area contributed by atoms with E-state index in [0.29, 0.717) is 18.6 Å². The normalized spacial score (nSPS) is 11.1. The van der Waals surface area contributed by atoms with Gasteiger partial charge in [-0.3, -0.25) is 4.55 Å². The first-order valence-electron chi connectivity index (χ1n) is 9.46. The van der Waals surface area contributed by atoms with E-state index in [9.17, 15) is 18.1 Å². The topological polar surface area (TPSA) is 86.7 Å². The van der Waals surface area contributed by atoms with Crippen molar-refractivity contribution in [1.29, 1.82) is 0 Å². The van der Waals surface area contributed by atoms with Gasteiger partial charge in [0.25, 0.3) is 10.1 Å². The molecule has 0 aliphatic carbocycles. The van der Waals surface area contributed by atoms with E-state index >= 15 is 0 Å². The monoisotopic (exact) mass is 430 g/mol. The fraction of sp³-hybridized carbons (Fsp3) is 0.429. The van der Waals surface area contributed by atoms with Crippen molar-refractivity contribution in [3.05, 3.63) is 48.0 Å². The van der Waals surface area contributed by atoms with Crippen LogP contribution in [0.3, 0.4) is 0 Å². The molecule has 0 aliphatic rings. The Morgan fingerprint density at radius 1 is 0.929 bits per heavy atom. The summed E-state index contributed by atoms with van der Waals surface area (Å²) in [5.74, 6) is 0.0122. The van der Waals surface area contributed by atoms with Gasteiger partial charge in [0.2, 0.25) is 0 Å². The Labute approximate surface area is 210 Å². The Bertz CT molecular complexity index is 822. The van der Waals surface area contributed by atoms with Gasteiger partial charge in [0.1, 0.15) is 16.4 Å². The van der Waals surface area contributed by atoms with E-state index in [1.165, 1.54) is 31.4 Å². The van der Waals surface area contributed by atoms with E-state index in [0.717, 1.165) is 19.3 Å². The molecule has 0 radical (unpaired) electrons. The van der Waals surface area contributed by atoms with Gasteiger partial charge in [-0.05, 0) is 36.6 Å². The first-order chi connectivity index (χ1) is 12.9. The van der Waals surface area contributed by atoms with E-state index in [2.05, 4.69) is 6.92 Å². The molecular formula is C21H27KO5S. The van der Waals surface area contributed by atoms with Crippen LogP contribution in [-0.4, -0.2) is 13.0 Å². The first-order valence-corrected chi connectivity index (χ1v) is 10.9. The molecule has 0 saturated heterocycles. The molecule has 148 valence electrons. The summed E-state index contributed by atoms with van der Waals surface area (Å²) in [6.45, 7) is 2.16. The Balaban J connectivity index is 0.00000392. The fourth-order valence-electron chi connectivity index (χ4n) is 3.06. The van der Waals surface area contributed by atoms with Gasteiger partial charge in [-0.2, -0.15) is 8.42 Å². The summed E-state index contributed by atoms with van der Waals surface area (Å²) in [4.78, 5) is -0.412. The Hall–Kier alpha value is -0.414. The molecule has 0 aliphatic heterocycles. The minimum Gasteiger partial charge on any atom is -0.872 e. The summed E-state index contributed by atoms with van der Waals surface area (Å²) in [5.41, 5.74) is 0.0967. The third-order valence-corrected chi connectivity index (χ3v) is 5.40. The minimum absolute atomic E-state index is 0. The molecule has 7 heteroatoms. The zero-order valence-electron chi connectivity index (χ0n) is 16.7. The molecule has 0 aromatic heterocycles. The third kappa shape index (κ3) is 8.14. The molecule has 0 unspecified atom stereocenters. The van der Waals surface area contributed by atoms with Crippen molar-refractivity contribution in [3.63, 3.8) is 0 Å². The summed E-state index contributed by atoms with van der Waals surface area (Å²) < 4.78 is 39.3. The van der Waals surface area contributed by atoms with Crippen molar-refractivity contribution in [2.24, 2.45) is 0 Å². The summed E-state index contributed by atoms with van der Waals surface area (Å²) in [6, 6.07) is 11.3. The molecule has 5 nitrogen and oxygen atoms in total. The molecule has 28 heavy (non-hydrogen) atoms. The molecule has 2 aromatic rings. The van der Waals surface area contributed by atoms with Crippen LogP contribution in [0.15, 0.2) is 47.4 Å². The first kappa shape index (κ1) is 25.6. The number of para-hydroxylation sites is 1. The van der Waals surface area contributed by atoms with Crippen LogP contribution in [0.2, 0.25) is 0 Å². The predicted molar refractivity (Wildman–Crippen MR) is 104 cm³/mol. The van der Waals surface area contributed by atoms with Crippen LogP contribution in [0.1, 0.15) is 57.4 Å². The zero-order valence-corrected chi connectivity index (χ0v) is 20.6. The molecule has 0 atom stereocenters. The van der Waals surface area contributed by atoms with Crippen LogP contribution < -0.4 is 61.2 Å². The maximum atomic E-state index is 12.3. The van der Waals surface area contributed by atoms with Gasteiger partial charge in [0.15, 0.2) is 0 Å². The second-order valence-electron chi connectivity index (χ2n) is 6.63. The van der Waals surface area contributed by atoms with Crippen LogP contribution in [0.4, 0.5) is 0 Å². The summed E-state index contributed by atoms with van der Waals surface area (Å²) in [7, 11) is -4.59. The SMILES string of the molecule is CCCCCCCCCc1c([O-])ccc(Oc2ccccc2)c1S(=O)(=O)O.[K+]. The Morgan fingerprint density at radius 2 is 1.54 bits per heavy atom. The summed E-state index contributed by atoms with van der Waals surface area (Å²) in [5, 5.41) is 12.3. The molecule has 0 fully saturated rings. The van der Waals surface area contributed by atoms with Gasteiger partial charge in [-0.25, -0.2) is 0 Å². The van der Waals surface area contributed by atoms with Crippen molar-refractivity contribution in [3.8, 4) is 17.2 Å². The second-order valence-corrected chi connectivity index (χ2v) is 7.99. The summed E-state index contributed by atoms with van der Waals surface area (Å²) in [6.07, 6.45) is 7.70. The average Bonchev–Trinajstić information content (AvgIpc) is 2.63. The molecule has 0 saturated carbocycles. The molecule has 0 amide bonds. The van der Waals surface area contributed by atoms with E-state index in [1.54, 1.807) is 24.3 Å². The van der Waals surface area contributed by atoms with E-state index in [1.807, 2.05) is 6.07 Å². The van der Waals surface area contributed by atoms with E-state index < -0.39 is 20.8 Å². The maximum absolute atomic E-state index is 12.3. The number of rotatable bonds is 11. The molecule has 0 heterocycles. The molecule has 1 N–H and O–H groups in total. The predicted octanol–water partition coefficient (Wildman–Crippen LogP) is 2.10. The smallest absolute Gasteiger partial charge is 0.872 e. The Morgan fingerprint density at radius 3 is 2.14 bits per heavy atom.